The molecule has 2 heterocycles. The quantitative estimate of drug-likeness (QED) is 0.910. The van der Waals surface area contributed by atoms with Gasteiger partial charge in [0.05, 0.1) is 6.04 Å². The number of nitrogens with one attached hydrogen (secondary N) is 2. The first-order valence-corrected chi connectivity index (χ1v) is 8.62. The van der Waals surface area contributed by atoms with Crippen molar-refractivity contribution in [2.45, 2.75) is 38.0 Å². The van der Waals surface area contributed by atoms with E-state index < -0.39 is 0 Å². The maximum atomic E-state index is 12.7. The van der Waals surface area contributed by atoms with Gasteiger partial charge in [-0.05, 0) is 36.6 Å². The molecule has 5 nitrogen and oxygen atoms in total. The summed E-state index contributed by atoms with van der Waals surface area (Å²) in [6.07, 6.45) is 1.80. The maximum Gasteiger partial charge on any atom is 0.238 e. The third kappa shape index (κ3) is 3.02. The monoisotopic (exact) mass is 316 g/mol. The summed E-state index contributed by atoms with van der Waals surface area (Å²) in [7, 11) is 0. The number of nitrogens with zero attached hydrogens (tertiary/aromatic N) is 2. The molecule has 0 fully saturated rings. The van der Waals surface area contributed by atoms with E-state index in [0.29, 0.717) is 5.82 Å². The molecule has 2 N–H and O–H groups in total. The minimum Gasteiger partial charge on any atom is -0.345 e. The van der Waals surface area contributed by atoms with Crippen LogP contribution >= 0.6 is 11.8 Å². The van der Waals surface area contributed by atoms with Crippen LogP contribution in [0.1, 0.15) is 47.4 Å². The molecule has 3 rings (SSSR count). The summed E-state index contributed by atoms with van der Waals surface area (Å²) in [6, 6.07) is 8.07. The molecule has 2 aromatic rings. The second kappa shape index (κ2) is 6.52. The van der Waals surface area contributed by atoms with E-state index in [9.17, 15) is 4.79 Å². The molecule has 6 heteroatoms. The molecule has 1 aliphatic rings. The molecule has 1 aliphatic heterocycles. The first-order chi connectivity index (χ1) is 10.7. The van der Waals surface area contributed by atoms with Crippen LogP contribution in [0.25, 0.3) is 0 Å². The Morgan fingerprint density at radius 2 is 2.32 bits per heavy atom. The number of rotatable bonds is 4. The number of thioether (sulfide) groups is 1. The lowest BCUT2D eigenvalue weighted by Gasteiger charge is -2.25. The average molecular weight is 316 g/mol. The zero-order valence-electron chi connectivity index (χ0n) is 12.8. The lowest BCUT2D eigenvalue weighted by molar-refractivity contribution is -0.121. The Balaban J connectivity index is 1.77. The van der Waals surface area contributed by atoms with Gasteiger partial charge in [0.1, 0.15) is 11.1 Å². The Morgan fingerprint density at radius 3 is 3.05 bits per heavy atom. The van der Waals surface area contributed by atoms with Gasteiger partial charge in [-0.1, -0.05) is 31.2 Å². The topological polar surface area (TPSA) is 70.7 Å². The molecule has 0 bridgehead atoms. The third-order valence-electron chi connectivity index (χ3n) is 3.88. The van der Waals surface area contributed by atoms with Gasteiger partial charge in [0.2, 0.25) is 5.91 Å². The summed E-state index contributed by atoms with van der Waals surface area (Å²) < 4.78 is 0. The molecule has 1 aromatic heterocycles. The largest absolute Gasteiger partial charge is 0.345 e. The second-order valence-electron chi connectivity index (χ2n) is 5.45. The number of hydrogen-bond acceptors (Lipinski definition) is 4. The van der Waals surface area contributed by atoms with E-state index in [1.54, 1.807) is 11.8 Å². The van der Waals surface area contributed by atoms with Crippen molar-refractivity contribution in [3.05, 3.63) is 47.0 Å². The predicted octanol–water partition coefficient (Wildman–Crippen LogP) is 2.71. The van der Waals surface area contributed by atoms with E-state index in [1.165, 1.54) is 5.56 Å². The van der Waals surface area contributed by atoms with Crippen LogP contribution < -0.4 is 5.32 Å². The summed E-state index contributed by atoms with van der Waals surface area (Å²) >= 11 is 1.71. The smallest absolute Gasteiger partial charge is 0.238 e. The lowest BCUT2D eigenvalue weighted by atomic mass is 10.0. The molecular weight excluding hydrogens is 296 g/mol. The highest BCUT2D eigenvalue weighted by molar-refractivity contribution is 8.00. The average Bonchev–Trinajstić information content (AvgIpc) is 2.98. The van der Waals surface area contributed by atoms with Crippen molar-refractivity contribution in [1.82, 2.24) is 20.5 Å². The van der Waals surface area contributed by atoms with Crippen LogP contribution in [-0.4, -0.2) is 26.8 Å². The molecule has 0 saturated heterocycles. The lowest BCUT2D eigenvalue weighted by Crippen LogP contribution is -2.33. The van der Waals surface area contributed by atoms with Crippen molar-refractivity contribution in [2.75, 3.05) is 5.75 Å². The molecular formula is C16H20N4OS. The van der Waals surface area contributed by atoms with Crippen LogP contribution in [-0.2, 0) is 11.2 Å². The van der Waals surface area contributed by atoms with Gasteiger partial charge < -0.3 is 5.32 Å². The van der Waals surface area contributed by atoms with Gasteiger partial charge in [-0.15, -0.1) is 11.8 Å². The first-order valence-electron chi connectivity index (χ1n) is 7.57. The van der Waals surface area contributed by atoms with Crippen LogP contribution in [0, 0.1) is 6.92 Å². The van der Waals surface area contributed by atoms with E-state index in [-0.39, 0.29) is 17.2 Å². The summed E-state index contributed by atoms with van der Waals surface area (Å²) in [5, 5.41) is 9.97. The molecule has 0 spiro atoms. The van der Waals surface area contributed by atoms with Gasteiger partial charge in [-0.2, -0.15) is 5.10 Å². The first kappa shape index (κ1) is 15.1. The molecule has 0 radical (unpaired) electrons. The van der Waals surface area contributed by atoms with Crippen LogP contribution in [0.4, 0.5) is 0 Å². The number of aryl methyl sites for hydroxylation is 2. The SMILES string of the molecule is CC[C@H](NC(=O)[C@H]1SCCc2ccccc21)c1n[nH]c(C)n1. The summed E-state index contributed by atoms with van der Waals surface area (Å²) in [5.41, 5.74) is 2.42. The summed E-state index contributed by atoms with van der Waals surface area (Å²) in [5.74, 6) is 2.44. The highest BCUT2D eigenvalue weighted by Crippen LogP contribution is 2.37. The van der Waals surface area contributed by atoms with E-state index in [2.05, 4.69) is 32.6 Å². The highest BCUT2D eigenvalue weighted by atomic mass is 32.2. The van der Waals surface area contributed by atoms with Crippen molar-refractivity contribution in [2.24, 2.45) is 0 Å². The standard InChI is InChI=1S/C16H20N4OS/c1-3-13(15-17-10(2)19-20-15)18-16(21)14-12-7-5-4-6-11(12)8-9-22-14/h4-7,13-14H,3,8-9H2,1-2H3,(H,18,21)(H,17,19,20)/t13-,14-/m0/s1. The number of carbonyl (C=O) groups is 1. The van der Waals surface area contributed by atoms with E-state index in [4.69, 9.17) is 0 Å². The number of amides is 1. The third-order valence-corrected chi connectivity index (χ3v) is 5.12. The number of aromatic nitrogens is 3. The number of fused-ring (bicyclic) bond motifs is 1. The van der Waals surface area contributed by atoms with Crippen LogP contribution in [0.5, 0.6) is 0 Å². The van der Waals surface area contributed by atoms with Crippen molar-refractivity contribution >= 4 is 17.7 Å². The fourth-order valence-electron chi connectivity index (χ4n) is 2.72. The summed E-state index contributed by atoms with van der Waals surface area (Å²) in [6.45, 7) is 3.89. The van der Waals surface area contributed by atoms with Crippen molar-refractivity contribution < 1.29 is 4.79 Å². The number of benzene rings is 1. The minimum absolute atomic E-state index is 0.0476. The normalized spacial score (nSPS) is 18.5. The van der Waals surface area contributed by atoms with Gasteiger partial charge in [-0.25, -0.2) is 4.98 Å². The number of carbonyl (C=O) groups excluding carboxylic acids is 1. The van der Waals surface area contributed by atoms with Crippen LogP contribution in [0.15, 0.2) is 24.3 Å². The second-order valence-corrected chi connectivity index (χ2v) is 6.66. The Labute approximate surface area is 134 Å². The molecule has 0 unspecified atom stereocenters. The Morgan fingerprint density at radius 1 is 1.50 bits per heavy atom. The van der Waals surface area contributed by atoms with Gasteiger partial charge in [-0.3, -0.25) is 9.89 Å². The molecule has 0 aliphatic carbocycles. The minimum atomic E-state index is -0.146. The van der Waals surface area contributed by atoms with Crippen molar-refractivity contribution in [3.63, 3.8) is 0 Å². The fraction of sp³-hybridized carbons (Fsp3) is 0.438. The van der Waals surface area contributed by atoms with Crippen molar-refractivity contribution in [3.8, 4) is 0 Å². The van der Waals surface area contributed by atoms with Crippen LogP contribution in [0.2, 0.25) is 0 Å². The van der Waals surface area contributed by atoms with Gasteiger partial charge in [0, 0.05) is 0 Å². The highest BCUT2D eigenvalue weighted by Gasteiger charge is 2.29. The molecule has 1 amide bonds. The molecule has 1 aromatic carbocycles. The fourth-order valence-corrected chi connectivity index (χ4v) is 3.93. The summed E-state index contributed by atoms with van der Waals surface area (Å²) in [4.78, 5) is 17.0. The Bertz CT molecular complexity index is 670. The molecule has 2 atom stereocenters. The zero-order valence-corrected chi connectivity index (χ0v) is 13.6. The van der Waals surface area contributed by atoms with E-state index >= 15 is 0 Å². The Kier molecular flexibility index (Phi) is 4.47. The van der Waals surface area contributed by atoms with Gasteiger partial charge in [0.25, 0.3) is 0 Å². The van der Waals surface area contributed by atoms with Gasteiger partial charge >= 0.3 is 0 Å². The zero-order chi connectivity index (χ0) is 15.5. The van der Waals surface area contributed by atoms with Crippen molar-refractivity contribution in [1.29, 1.82) is 0 Å². The number of aromatic amines is 1. The molecule has 0 saturated carbocycles. The maximum absolute atomic E-state index is 12.7. The number of hydrogen-bond donors (Lipinski definition) is 2. The molecule has 116 valence electrons. The van der Waals surface area contributed by atoms with E-state index in [0.717, 1.165) is 30.0 Å². The number of H-pyrrole nitrogens is 1. The van der Waals surface area contributed by atoms with Gasteiger partial charge in [0.15, 0.2) is 5.82 Å². The van der Waals surface area contributed by atoms with E-state index in [1.807, 2.05) is 26.0 Å². The predicted molar refractivity (Wildman–Crippen MR) is 87.6 cm³/mol. The Hall–Kier alpha value is -1.82. The van der Waals surface area contributed by atoms with Crippen LogP contribution in [0.3, 0.4) is 0 Å². The molecule has 22 heavy (non-hydrogen) atoms.